The molecule has 0 aliphatic heterocycles. The van der Waals surface area contributed by atoms with Gasteiger partial charge in [-0.15, -0.1) is 10.2 Å². The molecule has 0 unspecified atom stereocenters. The molecule has 0 radical (unpaired) electrons. The second-order valence-electron chi connectivity index (χ2n) is 6.15. The number of benzene rings is 2. The molecular weight excluding hydrogens is 246 g/mol. The van der Waals surface area contributed by atoms with E-state index in [0.29, 0.717) is 0 Å². The fourth-order valence-corrected chi connectivity index (χ4v) is 2.47. The van der Waals surface area contributed by atoms with Crippen molar-refractivity contribution in [2.75, 3.05) is 0 Å². The molecule has 0 saturated carbocycles. The molecule has 0 spiro atoms. The van der Waals surface area contributed by atoms with Crippen LogP contribution in [0.5, 0.6) is 0 Å². The Balaban J connectivity index is 1.96. The maximum Gasteiger partial charge on any atom is 0.137 e. The molecule has 0 aliphatic rings. The summed E-state index contributed by atoms with van der Waals surface area (Å²) in [6.07, 6.45) is 2.62. The van der Waals surface area contributed by atoms with Gasteiger partial charge in [-0.05, 0) is 37.1 Å². The van der Waals surface area contributed by atoms with Gasteiger partial charge >= 0.3 is 0 Å². The van der Waals surface area contributed by atoms with E-state index in [9.17, 15) is 0 Å². The summed E-state index contributed by atoms with van der Waals surface area (Å²) in [5, 5.41) is 10.9. The molecule has 1 heterocycles. The highest BCUT2D eigenvalue weighted by Crippen LogP contribution is 2.20. The highest BCUT2D eigenvalue weighted by atomic mass is 15.3. The van der Waals surface area contributed by atoms with Crippen LogP contribution in [-0.2, 0) is 12.0 Å². The number of hydrogen-bond donors (Lipinski definition) is 0. The van der Waals surface area contributed by atoms with Crippen molar-refractivity contribution in [3.8, 4) is 0 Å². The van der Waals surface area contributed by atoms with Crippen LogP contribution in [0.25, 0.3) is 10.8 Å². The number of nitrogens with zero attached hydrogens (tertiary/aromatic N) is 3. The number of rotatable bonds is 2. The lowest BCUT2D eigenvalue weighted by Gasteiger charge is -2.22. The predicted molar refractivity (Wildman–Crippen MR) is 81.8 cm³/mol. The van der Waals surface area contributed by atoms with E-state index in [-0.39, 0.29) is 5.54 Å². The van der Waals surface area contributed by atoms with Crippen molar-refractivity contribution in [1.29, 1.82) is 0 Å². The van der Waals surface area contributed by atoms with E-state index in [4.69, 9.17) is 0 Å². The zero-order valence-corrected chi connectivity index (χ0v) is 12.2. The van der Waals surface area contributed by atoms with E-state index in [1.807, 2.05) is 6.33 Å². The summed E-state index contributed by atoms with van der Waals surface area (Å²) >= 11 is 0. The van der Waals surface area contributed by atoms with Crippen molar-refractivity contribution in [2.45, 2.75) is 32.7 Å². The van der Waals surface area contributed by atoms with Crippen LogP contribution in [0, 0.1) is 0 Å². The molecule has 3 nitrogen and oxygen atoms in total. The average Bonchev–Trinajstić information content (AvgIpc) is 2.87. The molecule has 0 N–H and O–H groups in total. The standard InChI is InChI=1S/C17H19N3/c1-17(2,3)20-12-18-19-16(20)11-13-8-9-14-6-4-5-7-15(14)10-13/h4-10,12H,11H2,1-3H3. The molecule has 0 atom stereocenters. The summed E-state index contributed by atoms with van der Waals surface area (Å²) in [6.45, 7) is 6.50. The summed E-state index contributed by atoms with van der Waals surface area (Å²) in [5.74, 6) is 1.01. The van der Waals surface area contributed by atoms with Crippen LogP contribution in [-0.4, -0.2) is 14.8 Å². The Morgan fingerprint density at radius 3 is 2.50 bits per heavy atom. The van der Waals surface area contributed by atoms with Gasteiger partial charge in [0.15, 0.2) is 0 Å². The third-order valence-corrected chi connectivity index (χ3v) is 3.52. The minimum absolute atomic E-state index is 0.00960. The van der Waals surface area contributed by atoms with Gasteiger partial charge in [-0.25, -0.2) is 0 Å². The van der Waals surface area contributed by atoms with Gasteiger partial charge in [-0.1, -0.05) is 42.5 Å². The Kier molecular flexibility index (Phi) is 3.05. The molecule has 2 aromatic carbocycles. The first-order valence-corrected chi connectivity index (χ1v) is 6.91. The lowest BCUT2D eigenvalue weighted by Crippen LogP contribution is -2.23. The summed E-state index contributed by atoms with van der Waals surface area (Å²) in [6, 6.07) is 15.0. The minimum Gasteiger partial charge on any atom is -0.312 e. The predicted octanol–water partition coefficient (Wildman–Crippen LogP) is 3.78. The van der Waals surface area contributed by atoms with Crippen molar-refractivity contribution in [3.63, 3.8) is 0 Å². The lowest BCUT2D eigenvalue weighted by atomic mass is 10.0. The molecular formula is C17H19N3. The van der Waals surface area contributed by atoms with Gasteiger partial charge in [-0.3, -0.25) is 0 Å². The second kappa shape index (κ2) is 4.75. The van der Waals surface area contributed by atoms with Crippen LogP contribution in [0.15, 0.2) is 48.8 Å². The van der Waals surface area contributed by atoms with Gasteiger partial charge in [0.1, 0.15) is 12.2 Å². The fraction of sp³-hybridized carbons (Fsp3) is 0.294. The molecule has 3 rings (SSSR count). The van der Waals surface area contributed by atoms with Crippen LogP contribution >= 0.6 is 0 Å². The van der Waals surface area contributed by atoms with Gasteiger partial charge in [0.2, 0.25) is 0 Å². The first kappa shape index (κ1) is 12.9. The van der Waals surface area contributed by atoms with E-state index < -0.39 is 0 Å². The quantitative estimate of drug-likeness (QED) is 0.706. The van der Waals surface area contributed by atoms with E-state index in [2.05, 4.69) is 78.0 Å². The highest BCUT2D eigenvalue weighted by Gasteiger charge is 2.17. The zero-order valence-electron chi connectivity index (χ0n) is 12.2. The van der Waals surface area contributed by atoms with E-state index >= 15 is 0 Å². The maximum atomic E-state index is 4.27. The Bertz CT molecular complexity index is 735. The topological polar surface area (TPSA) is 30.7 Å². The van der Waals surface area contributed by atoms with Crippen molar-refractivity contribution >= 4 is 10.8 Å². The normalized spacial score (nSPS) is 11.9. The number of fused-ring (bicyclic) bond motifs is 1. The smallest absolute Gasteiger partial charge is 0.137 e. The molecule has 20 heavy (non-hydrogen) atoms. The summed E-state index contributed by atoms with van der Waals surface area (Å²) in [4.78, 5) is 0. The first-order valence-electron chi connectivity index (χ1n) is 6.91. The molecule has 0 saturated heterocycles. The molecule has 3 aromatic rings. The van der Waals surface area contributed by atoms with Gasteiger partial charge in [0, 0.05) is 12.0 Å². The van der Waals surface area contributed by atoms with E-state index in [0.717, 1.165) is 12.2 Å². The van der Waals surface area contributed by atoms with Crippen molar-refractivity contribution in [1.82, 2.24) is 14.8 Å². The third kappa shape index (κ3) is 2.44. The zero-order chi connectivity index (χ0) is 14.2. The highest BCUT2D eigenvalue weighted by molar-refractivity contribution is 5.83. The Hall–Kier alpha value is -2.16. The van der Waals surface area contributed by atoms with Crippen LogP contribution in [0.2, 0.25) is 0 Å². The van der Waals surface area contributed by atoms with Gasteiger partial charge in [0.25, 0.3) is 0 Å². The monoisotopic (exact) mass is 265 g/mol. The lowest BCUT2D eigenvalue weighted by molar-refractivity contribution is 0.384. The van der Waals surface area contributed by atoms with Gasteiger partial charge in [0.05, 0.1) is 0 Å². The molecule has 0 bridgehead atoms. The molecule has 0 amide bonds. The average molecular weight is 265 g/mol. The molecule has 102 valence electrons. The number of aromatic nitrogens is 3. The summed E-state index contributed by atoms with van der Waals surface area (Å²) < 4.78 is 2.14. The molecule has 1 aromatic heterocycles. The van der Waals surface area contributed by atoms with Gasteiger partial charge < -0.3 is 4.57 Å². The van der Waals surface area contributed by atoms with E-state index in [1.54, 1.807) is 0 Å². The number of hydrogen-bond acceptors (Lipinski definition) is 2. The van der Waals surface area contributed by atoms with Crippen molar-refractivity contribution < 1.29 is 0 Å². The fourth-order valence-electron chi connectivity index (χ4n) is 2.47. The largest absolute Gasteiger partial charge is 0.312 e. The Labute approximate surface area is 119 Å². The summed E-state index contributed by atoms with van der Waals surface area (Å²) in [5.41, 5.74) is 1.28. The Morgan fingerprint density at radius 2 is 1.75 bits per heavy atom. The second-order valence-corrected chi connectivity index (χ2v) is 6.15. The molecule has 0 fully saturated rings. The summed E-state index contributed by atoms with van der Waals surface area (Å²) in [7, 11) is 0. The SMILES string of the molecule is CC(C)(C)n1cnnc1Cc1ccc2ccccc2c1. The first-order chi connectivity index (χ1) is 9.54. The Morgan fingerprint density at radius 1 is 1.00 bits per heavy atom. The van der Waals surface area contributed by atoms with Crippen molar-refractivity contribution in [2.24, 2.45) is 0 Å². The van der Waals surface area contributed by atoms with Crippen LogP contribution < -0.4 is 0 Å². The molecule has 0 aliphatic carbocycles. The van der Waals surface area contributed by atoms with E-state index in [1.165, 1.54) is 16.3 Å². The van der Waals surface area contributed by atoms with Gasteiger partial charge in [-0.2, -0.15) is 0 Å². The molecule has 3 heteroatoms. The third-order valence-electron chi connectivity index (χ3n) is 3.52. The van der Waals surface area contributed by atoms with Crippen LogP contribution in [0.4, 0.5) is 0 Å². The maximum absolute atomic E-state index is 4.27. The van der Waals surface area contributed by atoms with Crippen molar-refractivity contribution in [3.05, 3.63) is 60.2 Å². The minimum atomic E-state index is 0.00960. The van der Waals surface area contributed by atoms with Crippen LogP contribution in [0.1, 0.15) is 32.2 Å². The van der Waals surface area contributed by atoms with Crippen LogP contribution in [0.3, 0.4) is 0 Å².